The van der Waals surface area contributed by atoms with Gasteiger partial charge in [-0.2, -0.15) is 18.4 Å². The van der Waals surface area contributed by atoms with Crippen LogP contribution in [0.15, 0.2) is 36.5 Å². The van der Waals surface area contributed by atoms with Gasteiger partial charge in [0.2, 0.25) is 0 Å². The molecule has 0 radical (unpaired) electrons. The highest BCUT2D eigenvalue weighted by molar-refractivity contribution is 5.84. The minimum Gasteiger partial charge on any atom is -0.369 e. The van der Waals surface area contributed by atoms with E-state index in [4.69, 9.17) is 0 Å². The lowest BCUT2D eigenvalue weighted by atomic mass is 10.2. The normalized spacial score (nSPS) is 15.4. The Bertz CT molecular complexity index is 1090. The number of rotatable bonds is 4. The Hall–Kier alpha value is -3.32. The van der Waals surface area contributed by atoms with Crippen molar-refractivity contribution in [1.29, 1.82) is 5.26 Å². The predicted octanol–water partition coefficient (Wildman–Crippen LogP) is 4.00. The number of alkyl halides is 3. The van der Waals surface area contributed by atoms with Crippen LogP contribution in [0.5, 0.6) is 0 Å². The number of pyridine rings is 1. The summed E-state index contributed by atoms with van der Waals surface area (Å²) in [6, 6.07) is 10.5. The van der Waals surface area contributed by atoms with Crippen LogP contribution in [-0.4, -0.2) is 53.8 Å². The third kappa shape index (κ3) is 4.46. The molecule has 0 aliphatic carbocycles. The molecule has 0 atom stereocenters. The fraction of sp³-hybridized carbons (Fsp3) is 0.300. The molecule has 0 bridgehead atoms. The number of halogens is 4. The molecule has 1 aliphatic heterocycles. The number of nitrogens with zero attached hydrogens (tertiary/aromatic N) is 4. The van der Waals surface area contributed by atoms with E-state index >= 15 is 0 Å². The molecule has 0 unspecified atom stereocenters. The number of anilines is 3. The lowest BCUT2D eigenvalue weighted by molar-refractivity contribution is -0.146. The van der Waals surface area contributed by atoms with Crippen LogP contribution in [0.25, 0.3) is 10.9 Å². The molecule has 1 aromatic carbocycles. The summed E-state index contributed by atoms with van der Waals surface area (Å²) in [7, 11) is 0. The van der Waals surface area contributed by atoms with Crippen LogP contribution >= 0.6 is 0 Å². The molecule has 3 aromatic rings. The number of nitriles is 1. The van der Waals surface area contributed by atoms with Crippen LogP contribution in [-0.2, 0) is 0 Å². The van der Waals surface area contributed by atoms with Crippen molar-refractivity contribution in [2.75, 3.05) is 42.9 Å². The minimum atomic E-state index is -4.22. The standard InChI is InChI=1S/C20H18F4N6/c21-17-11-26-18-8-13(1-2-16(17)18)27-19-9-15(7-14(10-25)28-19)30-5-3-29(4-6-30)12-20(22,23)24/h1-2,7-9,11,26H,3-6,12H2,(H,27,28). The SMILES string of the molecule is N#Cc1cc(N2CCN(CC(F)(F)F)CC2)cc(Nc2ccc3c(F)c[nH]c3c2)n1. The van der Waals surface area contributed by atoms with E-state index in [9.17, 15) is 22.8 Å². The molecule has 6 nitrogen and oxygen atoms in total. The van der Waals surface area contributed by atoms with Crippen molar-refractivity contribution in [2.45, 2.75) is 6.18 Å². The summed E-state index contributed by atoms with van der Waals surface area (Å²) in [5.41, 5.74) is 2.19. The summed E-state index contributed by atoms with van der Waals surface area (Å²) >= 11 is 0. The summed E-state index contributed by atoms with van der Waals surface area (Å²) in [5, 5.41) is 12.9. The van der Waals surface area contributed by atoms with Gasteiger partial charge in [-0.25, -0.2) is 9.37 Å². The van der Waals surface area contributed by atoms with Crippen molar-refractivity contribution in [3.8, 4) is 6.07 Å². The maximum atomic E-state index is 13.6. The number of hydrogen-bond acceptors (Lipinski definition) is 5. The Morgan fingerprint density at radius 1 is 1.13 bits per heavy atom. The second-order valence-corrected chi connectivity index (χ2v) is 7.11. The zero-order valence-corrected chi connectivity index (χ0v) is 15.8. The lowest BCUT2D eigenvalue weighted by Gasteiger charge is -2.36. The first-order chi connectivity index (χ1) is 14.3. The fourth-order valence-electron chi connectivity index (χ4n) is 3.55. The largest absolute Gasteiger partial charge is 0.401 e. The van der Waals surface area contributed by atoms with E-state index in [2.05, 4.69) is 15.3 Å². The number of nitrogens with one attached hydrogen (secondary N) is 2. The molecule has 1 saturated heterocycles. The van der Waals surface area contributed by atoms with Gasteiger partial charge >= 0.3 is 6.18 Å². The number of hydrogen-bond donors (Lipinski definition) is 2. The van der Waals surface area contributed by atoms with E-state index in [-0.39, 0.29) is 24.6 Å². The van der Waals surface area contributed by atoms with E-state index in [1.807, 2.05) is 11.0 Å². The van der Waals surface area contributed by atoms with Gasteiger partial charge in [-0.1, -0.05) is 0 Å². The number of aromatic amines is 1. The molecule has 30 heavy (non-hydrogen) atoms. The van der Waals surface area contributed by atoms with Crippen molar-refractivity contribution in [3.63, 3.8) is 0 Å². The molecule has 4 rings (SSSR count). The maximum absolute atomic E-state index is 13.6. The second kappa shape index (κ2) is 7.84. The third-order valence-corrected chi connectivity index (χ3v) is 4.97. The molecule has 2 N–H and O–H groups in total. The molecule has 3 heterocycles. The van der Waals surface area contributed by atoms with Gasteiger partial charge in [0, 0.05) is 55.2 Å². The van der Waals surface area contributed by atoms with Crippen molar-refractivity contribution in [1.82, 2.24) is 14.9 Å². The maximum Gasteiger partial charge on any atom is 0.401 e. The first-order valence-corrected chi connectivity index (χ1v) is 9.31. The van der Waals surface area contributed by atoms with Gasteiger partial charge in [0.1, 0.15) is 23.4 Å². The van der Waals surface area contributed by atoms with Crippen molar-refractivity contribution >= 4 is 28.1 Å². The third-order valence-electron chi connectivity index (χ3n) is 4.97. The molecule has 0 saturated carbocycles. The Kier molecular flexibility index (Phi) is 5.22. The molecule has 0 amide bonds. The van der Waals surface area contributed by atoms with E-state index in [0.717, 1.165) is 0 Å². The van der Waals surface area contributed by atoms with Crippen LogP contribution in [0.1, 0.15) is 5.69 Å². The summed E-state index contributed by atoms with van der Waals surface area (Å²) in [5.74, 6) is 0.0845. The predicted molar refractivity (Wildman–Crippen MR) is 105 cm³/mol. The van der Waals surface area contributed by atoms with Crippen molar-refractivity contribution in [2.24, 2.45) is 0 Å². The number of H-pyrrole nitrogens is 1. The zero-order valence-electron chi connectivity index (χ0n) is 15.8. The van der Waals surface area contributed by atoms with E-state index in [1.54, 1.807) is 30.3 Å². The Morgan fingerprint density at radius 2 is 1.90 bits per heavy atom. The van der Waals surface area contributed by atoms with Gasteiger partial charge in [-0.05, 0) is 24.3 Å². The first kappa shape index (κ1) is 20.0. The lowest BCUT2D eigenvalue weighted by Crippen LogP contribution is -2.49. The number of fused-ring (bicyclic) bond motifs is 1. The Labute approximate surface area is 169 Å². The van der Waals surface area contributed by atoms with Gasteiger partial charge in [0.05, 0.1) is 12.1 Å². The Balaban J connectivity index is 1.51. The fourth-order valence-corrected chi connectivity index (χ4v) is 3.55. The van der Waals surface area contributed by atoms with E-state index in [1.165, 1.54) is 11.1 Å². The molecular weight excluding hydrogens is 400 g/mol. The van der Waals surface area contributed by atoms with Gasteiger partial charge in [0.25, 0.3) is 0 Å². The quantitative estimate of drug-likeness (QED) is 0.627. The summed E-state index contributed by atoms with van der Waals surface area (Å²) in [6.45, 7) is 0.467. The summed E-state index contributed by atoms with van der Waals surface area (Å²) in [4.78, 5) is 10.4. The molecule has 10 heteroatoms. The number of piperazine rings is 1. The van der Waals surface area contributed by atoms with Crippen LogP contribution in [0.3, 0.4) is 0 Å². The van der Waals surface area contributed by atoms with Gasteiger partial charge in [-0.3, -0.25) is 4.90 Å². The van der Waals surface area contributed by atoms with Crippen LogP contribution in [0, 0.1) is 17.1 Å². The van der Waals surface area contributed by atoms with Crippen LogP contribution < -0.4 is 10.2 Å². The molecule has 1 aliphatic rings. The van der Waals surface area contributed by atoms with Gasteiger partial charge < -0.3 is 15.2 Å². The van der Waals surface area contributed by atoms with Crippen LogP contribution in [0.2, 0.25) is 0 Å². The smallest absolute Gasteiger partial charge is 0.369 e. The number of benzene rings is 1. The monoisotopic (exact) mass is 418 g/mol. The molecule has 2 aromatic heterocycles. The Morgan fingerprint density at radius 3 is 2.60 bits per heavy atom. The highest BCUT2D eigenvalue weighted by Gasteiger charge is 2.32. The number of aromatic nitrogens is 2. The second-order valence-electron chi connectivity index (χ2n) is 7.11. The average molecular weight is 418 g/mol. The van der Waals surface area contributed by atoms with Crippen molar-refractivity contribution < 1.29 is 17.6 Å². The highest BCUT2D eigenvalue weighted by atomic mass is 19.4. The minimum absolute atomic E-state index is 0.194. The highest BCUT2D eigenvalue weighted by Crippen LogP contribution is 2.27. The summed E-state index contributed by atoms with van der Waals surface area (Å²) in [6.07, 6.45) is -2.94. The average Bonchev–Trinajstić information content (AvgIpc) is 3.07. The van der Waals surface area contributed by atoms with Gasteiger partial charge in [0.15, 0.2) is 0 Å². The summed E-state index contributed by atoms with van der Waals surface area (Å²) < 4.78 is 51.4. The van der Waals surface area contributed by atoms with Crippen molar-refractivity contribution in [3.05, 3.63) is 48.0 Å². The van der Waals surface area contributed by atoms with Crippen LogP contribution in [0.4, 0.5) is 34.8 Å². The topological polar surface area (TPSA) is 71.0 Å². The zero-order chi connectivity index (χ0) is 21.3. The van der Waals surface area contributed by atoms with E-state index < -0.39 is 12.7 Å². The molecule has 0 spiro atoms. The first-order valence-electron chi connectivity index (χ1n) is 9.31. The molecule has 156 valence electrons. The van der Waals surface area contributed by atoms with Gasteiger partial charge in [-0.15, -0.1) is 0 Å². The molecule has 1 fully saturated rings. The van der Waals surface area contributed by atoms with E-state index in [0.29, 0.717) is 41.2 Å². The molecular formula is C20H18F4N6.